The van der Waals surface area contributed by atoms with Crippen LogP contribution in [0.25, 0.3) is 0 Å². The number of Topliss-reactive ketones (excluding diaryl/α,β-unsaturated/α-hetero) is 1. The smallest absolute Gasteiger partial charge is 0.176 e. The molecule has 0 fully saturated rings. The lowest BCUT2D eigenvalue weighted by atomic mass is 10.0. The summed E-state index contributed by atoms with van der Waals surface area (Å²) in [5.41, 5.74) is 1.45. The Hall–Kier alpha value is -1.55. The minimum atomic E-state index is -0.209. The summed E-state index contributed by atoms with van der Waals surface area (Å²) in [5.74, 6) is 0.977. The number of carbonyl (C=O) groups excluding carboxylic acids is 1. The van der Waals surface area contributed by atoms with Crippen molar-refractivity contribution in [1.82, 2.24) is 4.90 Å². The highest BCUT2D eigenvalue weighted by Gasteiger charge is 2.26. The van der Waals surface area contributed by atoms with Gasteiger partial charge in [0, 0.05) is 5.56 Å². The molecule has 0 aromatic heterocycles. The van der Waals surface area contributed by atoms with E-state index < -0.39 is 0 Å². The second-order valence-electron chi connectivity index (χ2n) is 6.44. The molecule has 1 aliphatic rings. The molecule has 116 valence electrons. The third-order valence-corrected chi connectivity index (χ3v) is 3.70. The summed E-state index contributed by atoms with van der Waals surface area (Å²) in [4.78, 5) is 14.4. The molecule has 0 saturated carbocycles. The van der Waals surface area contributed by atoms with Gasteiger partial charge >= 0.3 is 0 Å². The van der Waals surface area contributed by atoms with Gasteiger partial charge in [-0.2, -0.15) is 0 Å². The van der Waals surface area contributed by atoms with Gasteiger partial charge in [0.25, 0.3) is 0 Å². The zero-order valence-corrected chi connectivity index (χ0v) is 13.5. The maximum Gasteiger partial charge on any atom is 0.176 e. The second-order valence-corrected chi connectivity index (χ2v) is 6.44. The van der Waals surface area contributed by atoms with Crippen LogP contribution in [0.15, 0.2) is 18.2 Å². The summed E-state index contributed by atoms with van der Waals surface area (Å²) >= 11 is 0. The summed E-state index contributed by atoms with van der Waals surface area (Å²) in [5, 5.41) is 3.34. The van der Waals surface area contributed by atoms with Crippen LogP contribution in [0.4, 0.5) is 5.69 Å². The van der Waals surface area contributed by atoms with E-state index in [1.807, 2.05) is 39.1 Å². The van der Waals surface area contributed by atoms with Gasteiger partial charge in [0.05, 0.1) is 18.8 Å². The van der Waals surface area contributed by atoms with Gasteiger partial charge in [-0.1, -0.05) is 13.3 Å². The van der Waals surface area contributed by atoms with E-state index in [4.69, 9.17) is 4.74 Å². The number of carbonyl (C=O) groups is 1. The number of unbranched alkanes of at least 4 members (excludes halogenated alkanes) is 1. The van der Waals surface area contributed by atoms with Crippen molar-refractivity contribution in [1.29, 1.82) is 0 Å². The molecule has 1 aromatic carbocycles. The van der Waals surface area contributed by atoms with Crippen LogP contribution in [0.2, 0.25) is 0 Å². The highest BCUT2D eigenvalue weighted by atomic mass is 16.5. The first-order valence-corrected chi connectivity index (χ1v) is 7.70. The molecule has 0 saturated heterocycles. The molecule has 1 N–H and O–H groups in total. The van der Waals surface area contributed by atoms with E-state index >= 15 is 0 Å². The van der Waals surface area contributed by atoms with E-state index in [2.05, 4.69) is 17.1 Å². The summed E-state index contributed by atoms with van der Waals surface area (Å²) < 4.78 is 5.90. The van der Waals surface area contributed by atoms with Crippen molar-refractivity contribution < 1.29 is 9.53 Å². The predicted octanol–water partition coefficient (Wildman–Crippen LogP) is 3.18. The van der Waals surface area contributed by atoms with Gasteiger partial charge in [-0.25, -0.2) is 0 Å². The number of rotatable bonds is 6. The van der Waals surface area contributed by atoms with Gasteiger partial charge < -0.3 is 10.1 Å². The Morgan fingerprint density at radius 1 is 1.43 bits per heavy atom. The van der Waals surface area contributed by atoms with E-state index in [0.29, 0.717) is 6.54 Å². The zero-order chi connectivity index (χ0) is 15.5. The molecular weight excluding hydrogens is 264 g/mol. The second kappa shape index (κ2) is 6.48. The SMILES string of the molecule is CCCCN(C)CC(=O)c1ccc2c(c1)NCC(C)(C)O2. The number of ketones is 1. The van der Waals surface area contributed by atoms with E-state index in [1.54, 1.807) is 0 Å². The van der Waals surface area contributed by atoms with Crippen LogP contribution in [0.5, 0.6) is 5.75 Å². The Labute approximate surface area is 127 Å². The number of anilines is 1. The number of nitrogens with zero attached hydrogens (tertiary/aromatic N) is 1. The maximum absolute atomic E-state index is 12.3. The van der Waals surface area contributed by atoms with Crippen LogP contribution in [-0.2, 0) is 0 Å². The molecule has 0 atom stereocenters. The molecular formula is C17H26N2O2. The van der Waals surface area contributed by atoms with Crippen LogP contribution in [0.3, 0.4) is 0 Å². The lowest BCUT2D eigenvalue weighted by Gasteiger charge is -2.33. The molecule has 1 heterocycles. The van der Waals surface area contributed by atoms with Crippen molar-refractivity contribution in [2.45, 2.75) is 39.2 Å². The number of ether oxygens (including phenoxy) is 1. The van der Waals surface area contributed by atoms with Crippen molar-refractivity contribution >= 4 is 11.5 Å². The maximum atomic E-state index is 12.3. The Morgan fingerprint density at radius 3 is 2.90 bits per heavy atom. The largest absolute Gasteiger partial charge is 0.484 e. The van der Waals surface area contributed by atoms with Gasteiger partial charge in [0.15, 0.2) is 5.78 Å². The molecule has 0 spiro atoms. The van der Waals surface area contributed by atoms with Crippen molar-refractivity contribution in [2.75, 3.05) is 32.0 Å². The first-order chi connectivity index (χ1) is 9.91. The first-order valence-electron chi connectivity index (χ1n) is 7.70. The molecule has 21 heavy (non-hydrogen) atoms. The van der Waals surface area contributed by atoms with Crippen LogP contribution >= 0.6 is 0 Å². The van der Waals surface area contributed by atoms with Gasteiger partial charge in [-0.15, -0.1) is 0 Å². The lowest BCUT2D eigenvalue weighted by molar-refractivity contribution is 0.0945. The molecule has 0 bridgehead atoms. The third-order valence-electron chi connectivity index (χ3n) is 3.70. The molecule has 1 aliphatic heterocycles. The van der Waals surface area contributed by atoms with Gasteiger partial charge in [0.1, 0.15) is 11.4 Å². The molecule has 2 rings (SSSR count). The minimum Gasteiger partial charge on any atom is -0.484 e. The van der Waals surface area contributed by atoms with E-state index in [0.717, 1.165) is 42.9 Å². The average molecular weight is 290 g/mol. The molecule has 1 aromatic rings. The van der Waals surface area contributed by atoms with Crippen molar-refractivity contribution in [3.8, 4) is 5.75 Å². The number of hydrogen-bond donors (Lipinski definition) is 1. The van der Waals surface area contributed by atoms with Crippen LogP contribution in [0.1, 0.15) is 44.0 Å². The molecule has 0 aliphatic carbocycles. The Bertz CT molecular complexity index is 512. The van der Waals surface area contributed by atoms with E-state index in [9.17, 15) is 4.79 Å². The Morgan fingerprint density at radius 2 is 2.19 bits per heavy atom. The normalized spacial score (nSPS) is 16.0. The monoisotopic (exact) mass is 290 g/mol. The fraction of sp³-hybridized carbons (Fsp3) is 0.588. The van der Waals surface area contributed by atoms with Gasteiger partial charge in [-0.05, 0) is 52.1 Å². The van der Waals surface area contributed by atoms with Crippen molar-refractivity contribution in [3.63, 3.8) is 0 Å². The predicted molar refractivity (Wildman–Crippen MR) is 86.4 cm³/mol. The Kier molecular flexibility index (Phi) is 4.88. The average Bonchev–Trinajstić information content (AvgIpc) is 2.43. The summed E-state index contributed by atoms with van der Waals surface area (Å²) in [6.45, 7) is 8.42. The van der Waals surface area contributed by atoms with Gasteiger partial charge in [0.2, 0.25) is 0 Å². The van der Waals surface area contributed by atoms with E-state index in [1.165, 1.54) is 0 Å². The van der Waals surface area contributed by atoms with Crippen molar-refractivity contribution in [2.24, 2.45) is 0 Å². The fourth-order valence-corrected chi connectivity index (χ4v) is 2.42. The molecule has 0 amide bonds. The Balaban J connectivity index is 2.03. The van der Waals surface area contributed by atoms with Gasteiger partial charge in [-0.3, -0.25) is 9.69 Å². The summed E-state index contributed by atoms with van der Waals surface area (Å²) in [7, 11) is 2.00. The first kappa shape index (κ1) is 15.8. The number of fused-ring (bicyclic) bond motifs is 1. The third kappa shape index (κ3) is 4.21. The van der Waals surface area contributed by atoms with Crippen LogP contribution in [0, 0.1) is 0 Å². The lowest BCUT2D eigenvalue weighted by Crippen LogP contribution is -2.40. The number of hydrogen-bond acceptors (Lipinski definition) is 4. The highest BCUT2D eigenvalue weighted by molar-refractivity contribution is 5.98. The van der Waals surface area contributed by atoms with Crippen molar-refractivity contribution in [3.05, 3.63) is 23.8 Å². The molecule has 0 unspecified atom stereocenters. The molecule has 4 heteroatoms. The van der Waals surface area contributed by atoms with Crippen LogP contribution in [-0.4, -0.2) is 43.0 Å². The van der Waals surface area contributed by atoms with E-state index in [-0.39, 0.29) is 11.4 Å². The quantitative estimate of drug-likeness (QED) is 0.817. The highest BCUT2D eigenvalue weighted by Crippen LogP contribution is 2.33. The molecule has 4 nitrogen and oxygen atoms in total. The summed E-state index contributed by atoms with van der Waals surface area (Å²) in [6, 6.07) is 5.65. The minimum absolute atomic E-state index is 0.156. The van der Waals surface area contributed by atoms with Crippen LogP contribution < -0.4 is 10.1 Å². The fourth-order valence-electron chi connectivity index (χ4n) is 2.42. The number of likely N-dealkylation sites (N-methyl/N-ethyl adjacent to an activating group) is 1. The summed E-state index contributed by atoms with van der Waals surface area (Å²) in [6.07, 6.45) is 2.27. The topological polar surface area (TPSA) is 41.6 Å². The number of nitrogens with one attached hydrogen (secondary N) is 1. The molecule has 0 radical (unpaired) electrons. The zero-order valence-electron chi connectivity index (χ0n) is 13.5. The standard InChI is InChI=1S/C17H26N2O2/c1-5-6-9-19(4)11-15(20)13-7-8-16-14(10-13)18-12-17(2,3)21-16/h7-8,10,18H,5-6,9,11-12H2,1-4H3. The number of benzene rings is 1.